The summed E-state index contributed by atoms with van der Waals surface area (Å²) in [6, 6.07) is 18.0. The molecule has 136 valence electrons. The van der Waals surface area contributed by atoms with Crippen molar-refractivity contribution >= 4 is 50.7 Å². The number of allylic oxidation sites excluding steroid dienone is 1. The van der Waals surface area contributed by atoms with Crippen molar-refractivity contribution in [2.24, 2.45) is 5.10 Å². The molecule has 26 heavy (non-hydrogen) atoms. The van der Waals surface area contributed by atoms with E-state index >= 15 is 0 Å². The number of hydrazone groups is 1. The van der Waals surface area contributed by atoms with E-state index in [-0.39, 0.29) is 0 Å². The zero-order valence-electron chi connectivity index (χ0n) is 14.9. The van der Waals surface area contributed by atoms with Crippen LogP contribution in [0.5, 0.6) is 0 Å². The molecule has 0 bridgehead atoms. The maximum absolute atomic E-state index is 5.33. The first-order chi connectivity index (χ1) is 12.5. The summed E-state index contributed by atoms with van der Waals surface area (Å²) in [5.41, 5.74) is 5.92. The van der Waals surface area contributed by atoms with Crippen LogP contribution in [0.3, 0.4) is 0 Å². The third-order valence-electron chi connectivity index (χ3n) is 3.49. The van der Waals surface area contributed by atoms with E-state index in [0.29, 0.717) is 5.11 Å². The first kappa shape index (κ1) is 20.3. The molecule has 0 aromatic heterocycles. The molecule has 2 aromatic rings. The molecule has 0 heterocycles. The van der Waals surface area contributed by atoms with Crippen molar-refractivity contribution in [3.8, 4) is 0 Å². The molecule has 0 aliphatic carbocycles. The van der Waals surface area contributed by atoms with E-state index in [4.69, 9.17) is 12.2 Å². The highest BCUT2D eigenvalue weighted by atomic mass is 79.9. The fourth-order valence-corrected chi connectivity index (χ4v) is 2.51. The number of halogens is 1. The molecule has 0 aliphatic heterocycles. The standard InChI is InChI=1S/C20H23BrN4S/c1-25(2)15-14-19(11-8-16-6-4-3-5-7-16)23-24-20(26)22-18-12-9-17(21)10-13-18/h3-13H,14-15H2,1-2H3,(H2,22,24,26)/b11-8+,23-19-. The summed E-state index contributed by atoms with van der Waals surface area (Å²) in [4.78, 5) is 2.13. The molecule has 0 atom stereocenters. The largest absolute Gasteiger partial charge is 0.331 e. The number of rotatable bonds is 7. The van der Waals surface area contributed by atoms with E-state index in [2.05, 4.69) is 54.9 Å². The Morgan fingerprint density at radius 2 is 1.81 bits per heavy atom. The van der Waals surface area contributed by atoms with Crippen molar-refractivity contribution < 1.29 is 0 Å². The summed E-state index contributed by atoms with van der Waals surface area (Å²) in [6.45, 7) is 0.909. The van der Waals surface area contributed by atoms with Gasteiger partial charge in [-0.2, -0.15) is 5.10 Å². The van der Waals surface area contributed by atoms with Crippen LogP contribution in [0.25, 0.3) is 6.08 Å². The van der Waals surface area contributed by atoms with E-state index in [1.54, 1.807) is 0 Å². The Morgan fingerprint density at radius 3 is 2.46 bits per heavy atom. The molecular weight excluding hydrogens is 408 g/mol. The lowest BCUT2D eigenvalue weighted by Crippen LogP contribution is -2.25. The molecule has 2 N–H and O–H groups in total. The number of nitrogens with zero attached hydrogens (tertiary/aromatic N) is 2. The van der Waals surface area contributed by atoms with Crippen molar-refractivity contribution in [1.29, 1.82) is 0 Å². The van der Waals surface area contributed by atoms with E-state index in [1.807, 2.05) is 62.6 Å². The molecule has 0 amide bonds. The van der Waals surface area contributed by atoms with Crippen LogP contribution < -0.4 is 10.7 Å². The number of anilines is 1. The summed E-state index contributed by atoms with van der Waals surface area (Å²) in [6.07, 6.45) is 4.90. The molecule has 0 aliphatic rings. The Balaban J connectivity index is 1.99. The third-order valence-corrected chi connectivity index (χ3v) is 4.21. The van der Waals surface area contributed by atoms with Crippen LogP contribution in [0.1, 0.15) is 12.0 Å². The van der Waals surface area contributed by atoms with Crippen LogP contribution in [0, 0.1) is 0 Å². The summed E-state index contributed by atoms with van der Waals surface area (Å²) < 4.78 is 1.02. The molecule has 0 unspecified atom stereocenters. The molecule has 2 rings (SSSR count). The van der Waals surface area contributed by atoms with Gasteiger partial charge in [-0.3, -0.25) is 5.43 Å². The average Bonchev–Trinajstić information content (AvgIpc) is 2.63. The van der Waals surface area contributed by atoms with Crippen LogP contribution in [0.2, 0.25) is 0 Å². The summed E-state index contributed by atoms with van der Waals surface area (Å²) in [7, 11) is 4.09. The lowest BCUT2D eigenvalue weighted by molar-refractivity contribution is 0.422. The van der Waals surface area contributed by atoms with Gasteiger partial charge in [-0.25, -0.2) is 0 Å². The molecule has 0 saturated heterocycles. The lowest BCUT2D eigenvalue weighted by atomic mass is 10.1. The van der Waals surface area contributed by atoms with Crippen molar-refractivity contribution in [1.82, 2.24) is 10.3 Å². The van der Waals surface area contributed by atoms with E-state index in [9.17, 15) is 0 Å². The first-order valence-electron chi connectivity index (χ1n) is 8.30. The highest BCUT2D eigenvalue weighted by Gasteiger charge is 2.00. The second kappa shape index (κ2) is 10.9. The predicted molar refractivity (Wildman–Crippen MR) is 120 cm³/mol. The Bertz CT molecular complexity index is 755. The highest BCUT2D eigenvalue weighted by molar-refractivity contribution is 9.10. The van der Waals surface area contributed by atoms with Crippen molar-refractivity contribution in [3.63, 3.8) is 0 Å². The zero-order valence-corrected chi connectivity index (χ0v) is 17.3. The van der Waals surface area contributed by atoms with Crippen molar-refractivity contribution in [2.75, 3.05) is 26.0 Å². The second-order valence-electron chi connectivity index (χ2n) is 5.97. The van der Waals surface area contributed by atoms with Crippen LogP contribution >= 0.6 is 28.1 Å². The number of thiocarbonyl (C=S) groups is 1. The van der Waals surface area contributed by atoms with Gasteiger partial charge in [0.15, 0.2) is 5.11 Å². The van der Waals surface area contributed by atoms with Gasteiger partial charge in [-0.05, 0) is 62.2 Å². The van der Waals surface area contributed by atoms with Gasteiger partial charge in [-0.1, -0.05) is 52.3 Å². The van der Waals surface area contributed by atoms with E-state index in [0.717, 1.165) is 34.4 Å². The Morgan fingerprint density at radius 1 is 1.12 bits per heavy atom. The monoisotopic (exact) mass is 430 g/mol. The van der Waals surface area contributed by atoms with Crippen LogP contribution in [0.4, 0.5) is 5.69 Å². The molecule has 4 nitrogen and oxygen atoms in total. The minimum atomic E-state index is 0.461. The van der Waals surface area contributed by atoms with Gasteiger partial charge >= 0.3 is 0 Å². The predicted octanol–water partition coefficient (Wildman–Crippen LogP) is 4.76. The Hall–Kier alpha value is -2.02. The van der Waals surface area contributed by atoms with Crippen molar-refractivity contribution in [3.05, 3.63) is 70.7 Å². The van der Waals surface area contributed by atoms with E-state index < -0.39 is 0 Å². The summed E-state index contributed by atoms with van der Waals surface area (Å²) in [5.74, 6) is 0. The first-order valence-corrected chi connectivity index (χ1v) is 9.50. The summed E-state index contributed by atoms with van der Waals surface area (Å²) in [5, 5.41) is 8.05. The number of benzene rings is 2. The normalized spacial score (nSPS) is 11.8. The van der Waals surface area contributed by atoms with E-state index in [1.165, 1.54) is 0 Å². The van der Waals surface area contributed by atoms with Crippen LogP contribution in [0.15, 0.2) is 70.2 Å². The summed E-state index contributed by atoms with van der Waals surface area (Å²) >= 11 is 8.74. The molecule has 0 radical (unpaired) electrons. The van der Waals surface area contributed by atoms with Gasteiger partial charge in [0.2, 0.25) is 0 Å². The lowest BCUT2D eigenvalue weighted by Gasteiger charge is -2.11. The van der Waals surface area contributed by atoms with Gasteiger partial charge in [0.05, 0.1) is 5.71 Å². The topological polar surface area (TPSA) is 39.7 Å². The smallest absolute Gasteiger partial charge is 0.191 e. The minimum Gasteiger partial charge on any atom is -0.331 e. The quantitative estimate of drug-likeness (QED) is 0.377. The van der Waals surface area contributed by atoms with Gasteiger partial charge < -0.3 is 10.2 Å². The Kier molecular flexibility index (Phi) is 8.47. The van der Waals surface area contributed by atoms with Gasteiger partial charge in [0.1, 0.15) is 0 Å². The zero-order chi connectivity index (χ0) is 18.8. The van der Waals surface area contributed by atoms with Gasteiger partial charge in [0.25, 0.3) is 0 Å². The SMILES string of the molecule is CN(C)CCC(/C=C/c1ccccc1)=N\NC(=S)Nc1ccc(Br)cc1. The molecule has 0 fully saturated rings. The maximum atomic E-state index is 5.33. The number of nitrogens with one attached hydrogen (secondary N) is 2. The number of hydrogen-bond donors (Lipinski definition) is 2. The van der Waals surface area contributed by atoms with Crippen LogP contribution in [-0.2, 0) is 0 Å². The molecular formula is C20H23BrN4S. The van der Waals surface area contributed by atoms with Crippen LogP contribution in [-0.4, -0.2) is 36.4 Å². The molecule has 2 aromatic carbocycles. The molecule has 0 saturated carbocycles. The number of hydrogen-bond acceptors (Lipinski definition) is 3. The third kappa shape index (κ3) is 7.91. The molecule has 6 heteroatoms. The fraction of sp³-hybridized carbons (Fsp3) is 0.200. The van der Waals surface area contributed by atoms with Gasteiger partial charge in [-0.15, -0.1) is 0 Å². The maximum Gasteiger partial charge on any atom is 0.191 e. The second-order valence-corrected chi connectivity index (χ2v) is 7.30. The minimum absolute atomic E-state index is 0.461. The molecule has 0 spiro atoms. The van der Waals surface area contributed by atoms with Gasteiger partial charge in [0, 0.05) is 23.1 Å². The Labute approximate surface area is 169 Å². The highest BCUT2D eigenvalue weighted by Crippen LogP contribution is 2.13. The fourth-order valence-electron chi connectivity index (χ4n) is 2.09. The van der Waals surface area contributed by atoms with Crippen molar-refractivity contribution in [2.45, 2.75) is 6.42 Å². The average molecular weight is 431 g/mol.